The van der Waals surface area contributed by atoms with Crippen LogP contribution < -0.4 is 5.73 Å². The van der Waals surface area contributed by atoms with Gasteiger partial charge in [0.25, 0.3) is 5.22 Å². The molecule has 2 aromatic rings. The molecule has 5 heteroatoms. The molecule has 0 unspecified atom stereocenters. The lowest BCUT2D eigenvalue weighted by atomic mass is 10.1. The SMILES string of the molecule is CC(=O)c1cc(Sc2nc(C)c(C)o2)ccc1N. The fraction of sp³-hybridized carbons (Fsp3) is 0.231. The molecule has 1 aromatic carbocycles. The molecule has 0 atom stereocenters. The van der Waals surface area contributed by atoms with Gasteiger partial charge in [-0.05, 0) is 50.7 Å². The van der Waals surface area contributed by atoms with Gasteiger partial charge in [-0.1, -0.05) is 0 Å². The van der Waals surface area contributed by atoms with Crippen LogP contribution in [0.5, 0.6) is 0 Å². The Morgan fingerprint density at radius 1 is 1.39 bits per heavy atom. The molecule has 0 aliphatic carbocycles. The van der Waals surface area contributed by atoms with Gasteiger partial charge in [0.05, 0.1) is 5.69 Å². The number of nitrogens with two attached hydrogens (primary N) is 1. The van der Waals surface area contributed by atoms with E-state index in [1.807, 2.05) is 19.9 Å². The lowest BCUT2D eigenvalue weighted by Gasteiger charge is -2.03. The third-order valence-corrected chi connectivity index (χ3v) is 3.46. The monoisotopic (exact) mass is 262 g/mol. The van der Waals surface area contributed by atoms with Crippen LogP contribution in [0.15, 0.2) is 32.7 Å². The zero-order valence-corrected chi connectivity index (χ0v) is 11.3. The zero-order valence-electron chi connectivity index (χ0n) is 10.5. The summed E-state index contributed by atoms with van der Waals surface area (Å²) in [4.78, 5) is 16.6. The molecule has 0 saturated heterocycles. The van der Waals surface area contributed by atoms with Crippen LogP contribution >= 0.6 is 11.8 Å². The first-order valence-corrected chi connectivity index (χ1v) is 6.31. The fourth-order valence-corrected chi connectivity index (χ4v) is 2.36. The standard InChI is InChI=1S/C13H14N2O2S/c1-7-9(3)17-13(15-7)18-10-4-5-12(14)11(6-10)8(2)16/h4-6H,14H2,1-3H3. The highest BCUT2D eigenvalue weighted by atomic mass is 32.2. The first kappa shape index (κ1) is 12.7. The molecule has 1 heterocycles. The number of aromatic nitrogens is 1. The van der Waals surface area contributed by atoms with Gasteiger partial charge < -0.3 is 10.2 Å². The topological polar surface area (TPSA) is 69.1 Å². The number of nitrogens with zero attached hydrogens (tertiary/aromatic N) is 1. The first-order chi connectivity index (χ1) is 8.47. The molecule has 0 spiro atoms. The average molecular weight is 262 g/mol. The summed E-state index contributed by atoms with van der Waals surface area (Å²) in [5, 5.41) is 0.573. The van der Waals surface area contributed by atoms with Gasteiger partial charge >= 0.3 is 0 Å². The Bertz CT molecular complexity index is 586. The summed E-state index contributed by atoms with van der Waals surface area (Å²) in [6, 6.07) is 5.33. The lowest BCUT2D eigenvalue weighted by Crippen LogP contribution is -1.99. The number of hydrogen-bond donors (Lipinski definition) is 1. The Labute approximate surface area is 110 Å². The van der Waals surface area contributed by atoms with E-state index in [9.17, 15) is 4.79 Å². The van der Waals surface area contributed by atoms with E-state index in [1.54, 1.807) is 12.1 Å². The molecule has 18 heavy (non-hydrogen) atoms. The van der Waals surface area contributed by atoms with Crippen molar-refractivity contribution in [3.8, 4) is 0 Å². The number of benzene rings is 1. The fourth-order valence-electron chi connectivity index (χ4n) is 1.49. The number of aryl methyl sites for hydroxylation is 2. The molecule has 0 saturated carbocycles. The van der Waals surface area contributed by atoms with Gasteiger partial charge in [0.1, 0.15) is 5.76 Å². The van der Waals surface area contributed by atoms with E-state index >= 15 is 0 Å². The summed E-state index contributed by atoms with van der Waals surface area (Å²) in [5.74, 6) is 0.759. The number of carbonyl (C=O) groups excluding carboxylic acids is 1. The molecule has 1 aromatic heterocycles. The quantitative estimate of drug-likeness (QED) is 0.679. The molecule has 0 fully saturated rings. The van der Waals surface area contributed by atoms with Gasteiger partial charge in [0.15, 0.2) is 5.78 Å². The largest absolute Gasteiger partial charge is 0.436 e. The highest BCUT2D eigenvalue weighted by molar-refractivity contribution is 7.99. The highest BCUT2D eigenvalue weighted by Crippen LogP contribution is 2.30. The normalized spacial score (nSPS) is 10.6. The average Bonchev–Trinajstić information content (AvgIpc) is 2.60. The molecule has 2 N–H and O–H groups in total. The maximum absolute atomic E-state index is 11.4. The smallest absolute Gasteiger partial charge is 0.260 e. The predicted octanol–water partition coefficient (Wildman–Crippen LogP) is 3.23. The van der Waals surface area contributed by atoms with Crippen molar-refractivity contribution in [3.05, 3.63) is 35.2 Å². The molecule has 2 rings (SSSR count). The van der Waals surface area contributed by atoms with Gasteiger partial charge in [0, 0.05) is 16.1 Å². The van der Waals surface area contributed by atoms with Crippen molar-refractivity contribution >= 4 is 23.2 Å². The van der Waals surface area contributed by atoms with Crippen molar-refractivity contribution in [2.75, 3.05) is 5.73 Å². The van der Waals surface area contributed by atoms with Crippen molar-refractivity contribution in [1.29, 1.82) is 0 Å². The molecule has 0 bridgehead atoms. The predicted molar refractivity (Wildman–Crippen MR) is 71.0 cm³/mol. The molecule has 0 aliphatic rings. The molecule has 94 valence electrons. The van der Waals surface area contributed by atoms with E-state index in [2.05, 4.69) is 4.98 Å². The van der Waals surface area contributed by atoms with Gasteiger partial charge in [-0.15, -0.1) is 0 Å². The van der Waals surface area contributed by atoms with Gasteiger partial charge in [-0.25, -0.2) is 4.98 Å². The second-order valence-electron chi connectivity index (χ2n) is 4.03. The number of carbonyl (C=O) groups is 1. The van der Waals surface area contributed by atoms with Crippen molar-refractivity contribution in [2.45, 2.75) is 30.9 Å². The second-order valence-corrected chi connectivity index (χ2v) is 5.05. The zero-order chi connectivity index (χ0) is 13.3. The summed E-state index contributed by atoms with van der Waals surface area (Å²) < 4.78 is 5.48. The van der Waals surface area contributed by atoms with E-state index < -0.39 is 0 Å². The summed E-state index contributed by atoms with van der Waals surface area (Å²) in [6.07, 6.45) is 0. The Morgan fingerprint density at radius 2 is 2.11 bits per heavy atom. The number of rotatable bonds is 3. The Hall–Kier alpha value is -1.75. The number of Topliss-reactive ketones (excluding diaryl/α,β-unsaturated/α-hetero) is 1. The second kappa shape index (κ2) is 4.86. The van der Waals surface area contributed by atoms with E-state index in [-0.39, 0.29) is 5.78 Å². The maximum Gasteiger partial charge on any atom is 0.260 e. The minimum absolute atomic E-state index is 0.0466. The maximum atomic E-state index is 11.4. The van der Waals surface area contributed by atoms with Crippen molar-refractivity contribution < 1.29 is 9.21 Å². The van der Waals surface area contributed by atoms with Crippen LogP contribution in [0.3, 0.4) is 0 Å². The van der Waals surface area contributed by atoms with Crippen LogP contribution in [0.4, 0.5) is 5.69 Å². The first-order valence-electron chi connectivity index (χ1n) is 5.49. The minimum Gasteiger partial charge on any atom is -0.436 e. The van der Waals surface area contributed by atoms with Crippen LogP contribution in [0.25, 0.3) is 0 Å². The molecule has 0 aliphatic heterocycles. The van der Waals surface area contributed by atoms with Crippen LogP contribution in [0.2, 0.25) is 0 Å². The number of anilines is 1. The van der Waals surface area contributed by atoms with Crippen molar-refractivity contribution in [2.24, 2.45) is 0 Å². The minimum atomic E-state index is -0.0466. The third-order valence-electron chi connectivity index (χ3n) is 2.62. The molecular weight excluding hydrogens is 248 g/mol. The van der Waals surface area contributed by atoms with E-state index in [0.717, 1.165) is 16.3 Å². The Kier molecular flexibility index (Phi) is 3.43. The molecular formula is C13H14N2O2S. The summed E-state index contributed by atoms with van der Waals surface area (Å²) in [7, 11) is 0. The van der Waals surface area contributed by atoms with Crippen LogP contribution in [-0.4, -0.2) is 10.8 Å². The summed E-state index contributed by atoms with van der Waals surface area (Å²) in [6.45, 7) is 5.27. The van der Waals surface area contributed by atoms with Crippen LogP contribution in [0.1, 0.15) is 28.7 Å². The van der Waals surface area contributed by atoms with Crippen molar-refractivity contribution in [1.82, 2.24) is 4.98 Å². The summed E-state index contributed by atoms with van der Waals surface area (Å²) in [5.41, 5.74) is 7.64. The molecule has 0 amide bonds. The van der Waals surface area contributed by atoms with E-state index in [4.69, 9.17) is 10.2 Å². The van der Waals surface area contributed by atoms with Crippen LogP contribution in [-0.2, 0) is 0 Å². The van der Waals surface area contributed by atoms with Gasteiger partial charge in [0.2, 0.25) is 0 Å². The van der Waals surface area contributed by atoms with E-state index in [0.29, 0.717) is 16.5 Å². The van der Waals surface area contributed by atoms with Crippen molar-refractivity contribution in [3.63, 3.8) is 0 Å². The Balaban J connectivity index is 2.29. The van der Waals surface area contributed by atoms with Gasteiger partial charge in [-0.2, -0.15) is 0 Å². The lowest BCUT2D eigenvalue weighted by molar-refractivity contribution is 0.101. The number of hydrogen-bond acceptors (Lipinski definition) is 5. The number of nitrogen functional groups attached to an aromatic ring is 1. The molecule has 4 nitrogen and oxygen atoms in total. The van der Waals surface area contributed by atoms with Gasteiger partial charge in [-0.3, -0.25) is 4.79 Å². The molecule has 0 radical (unpaired) electrons. The number of ketones is 1. The highest BCUT2D eigenvalue weighted by Gasteiger charge is 2.10. The van der Waals surface area contributed by atoms with Crippen LogP contribution in [0, 0.1) is 13.8 Å². The third kappa shape index (κ3) is 2.56. The Morgan fingerprint density at radius 3 is 2.67 bits per heavy atom. The van der Waals surface area contributed by atoms with E-state index in [1.165, 1.54) is 18.7 Å². The number of oxazole rings is 1. The summed E-state index contributed by atoms with van der Waals surface area (Å²) >= 11 is 1.38.